The fourth-order valence-corrected chi connectivity index (χ4v) is 3.47. The number of anilines is 1. The molecule has 1 aromatic heterocycles. The van der Waals surface area contributed by atoms with Crippen LogP contribution in [-0.4, -0.2) is 56.1 Å². The van der Waals surface area contributed by atoms with Crippen LogP contribution in [0.25, 0.3) is 0 Å². The molecule has 0 spiro atoms. The molecule has 0 radical (unpaired) electrons. The number of nitrogens with zero attached hydrogens (tertiary/aromatic N) is 1. The summed E-state index contributed by atoms with van der Waals surface area (Å²) < 4.78 is 5.09. The number of thiophene rings is 1. The number of hydrogen-bond donors (Lipinski definition) is 2. The number of piperazine rings is 1. The minimum absolute atomic E-state index is 0. The zero-order valence-electron chi connectivity index (χ0n) is 14.1. The van der Waals surface area contributed by atoms with Crippen LogP contribution < -0.4 is 10.6 Å². The van der Waals surface area contributed by atoms with Crippen LogP contribution in [0.5, 0.6) is 0 Å². The standard InChI is InChI=1S/C15H23N3O3S.2ClH/c1-4-21-15(20)13-10(2)11(3)22-14(13)17-12(19)9-18-7-5-16-6-8-18;;/h16H,4-9H2,1-3H3,(H,17,19);2*1H. The first-order valence-corrected chi connectivity index (χ1v) is 8.34. The van der Waals surface area contributed by atoms with Gasteiger partial charge < -0.3 is 15.4 Å². The van der Waals surface area contributed by atoms with Gasteiger partial charge in [0.2, 0.25) is 5.91 Å². The molecule has 2 heterocycles. The molecule has 0 saturated carbocycles. The number of esters is 1. The predicted octanol–water partition coefficient (Wildman–Crippen LogP) is 2.23. The van der Waals surface area contributed by atoms with Crippen molar-refractivity contribution in [1.29, 1.82) is 0 Å². The smallest absolute Gasteiger partial charge is 0.341 e. The number of carbonyl (C=O) groups is 2. The van der Waals surface area contributed by atoms with Gasteiger partial charge in [0.1, 0.15) is 5.00 Å². The second-order valence-electron chi connectivity index (χ2n) is 5.28. The number of amides is 1. The van der Waals surface area contributed by atoms with Gasteiger partial charge >= 0.3 is 5.97 Å². The second-order valence-corrected chi connectivity index (χ2v) is 6.51. The van der Waals surface area contributed by atoms with Gasteiger partial charge in [0.25, 0.3) is 0 Å². The lowest BCUT2D eigenvalue weighted by molar-refractivity contribution is -0.117. The third-order valence-electron chi connectivity index (χ3n) is 3.69. The van der Waals surface area contributed by atoms with Crippen molar-refractivity contribution in [1.82, 2.24) is 10.2 Å². The number of halogens is 2. The number of aryl methyl sites for hydroxylation is 1. The maximum absolute atomic E-state index is 12.2. The molecule has 1 amide bonds. The summed E-state index contributed by atoms with van der Waals surface area (Å²) in [5.41, 5.74) is 1.36. The Hall–Kier alpha value is -0.860. The lowest BCUT2D eigenvalue weighted by Gasteiger charge is -2.26. The molecule has 0 aliphatic carbocycles. The van der Waals surface area contributed by atoms with Crippen LogP contribution in [0.1, 0.15) is 27.7 Å². The normalized spacial score (nSPS) is 14.3. The highest BCUT2D eigenvalue weighted by Gasteiger charge is 2.22. The van der Waals surface area contributed by atoms with E-state index in [1.54, 1.807) is 6.92 Å². The molecule has 1 fully saturated rings. The van der Waals surface area contributed by atoms with Crippen molar-refractivity contribution in [2.24, 2.45) is 0 Å². The van der Waals surface area contributed by atoms with E-state index in [0.29, 0.717) is 23.7 Å². The van der Waals surface area contributed by atoms with E-state index in [1.165, 1.54) is 11.3 Å². The minimum atomic E-state index is -0.373. The molecular formula is C15H25Cl2N3O3S. The Labute approximate surface area is 159 Å². The molecule has 1 aliphatic heterocycles. The van der Waals surface area contributed by atoms with Gasteiger partial charge in [-0.2, -0.15) is 0 Å². The highest BCUT2D eigenvalue weighted by atomic mass is 35.5. The van der Waals surface area contributed by atoms with Crippen molar-refractivity contribution in [3.8, 4) is 0 Å². The Morgan fingerprint density at radius 2 is 1.88 bits per heavy atom. The summed E-state index contributed by atoms with van der Waals surface area (Å²) in [6.07, 6.45) is 0. The van der Waals surface area contributed by atoms with Crippen LogP contribution in [0, 0.1) is 13.8 Å². The summed E-state index contributed by atoms with van der Waals surface area (Å²) in [5, 5.41) is 6.72. The Balaban J connectivity index is 0.00000264. The third kappa shape index (κ3) is 5.89. The Morgan fingerprint density at radius 1 is 1.25 bits per heavy atom. The van der Waals surface area contributed by atoms with E-state index < -0.39 is 0 Å². The van der Waals surface area contributed by atoms with Gasteiger partial charge in [0.15, 0.2) is 0 Å². The molecule has 0 atom stereocenters. The summed E-state index contributed by atoms with van der Waals surface area (Å²) in [6, 6.07) is 0. The van der Waals surface area contributed by atoms with Crippen molar-refractivity contribution < 1.29 is 14.3 Å². The number of hydrogen-bond acceptors (Lipinski definition) is 6. The van der Waals surface area contributed by atoms with Crippen molar-refractivity contribution in [3.05, 3.63) is 16.0 Å². The summed E-state index contributed by atoms with van der Waals surface area (Å²) >= 11 is 1.42. The van der Waals surface area contributed by atoms with Gasteiger partial charge in [-0.15, -0.1) is 36.2 Å². The van der Waals surface area contributed by atoms with Gasteiger partial charge in [0.05, 0.1) is 18.7 Å². The summed E-state index contributed by atoms with van der Waals surface area (Å²) in [6.45, 7) is 9.79. The number of rotatable bonds is 5. The van der Waals surface area contributed by atoms with Gasteiger partial charge in [-0.05, 0) is 26.3 Å². The lowest BCUT2D eigenvalue weighted by Crippen LogP contribution is -2.46. The molecule has 138 valence electrons. The summed E-state index contributed by atoms with van der Waals surface area (Å²) in [7, 11) is 0. The highest BCUT2D eigenvalue weighted by Crippen LogP contribution is 2.33. The molecule has 2 N–H and O–H groups in total. The highest BCUT2D eigenvalue weighted by molar-refractivity contribution is 7.16. The minimum Gasteiger partial charge on any atom is -0.462 e. The predicted molar refractivity (Wildman–Crippen MR) is 102 cm³/mol. The van der Waals surface area contributed by atoms with Crippen LogP contribution in [-0.2, 0) is 9.53 Å². The monoisotopic (exact) mass is 397 g/mol. The van der Waals surface area contributed by atoms with E-state index in [2.05, 4.69) is 15.5 Å². The molecule has 2 rings (SSSR count). The first kappa shape index (κ1) is 23.1. The average molecular weight is 398 g/mol. The maximum atomic E-state index is 12.2. The Bertz CT molecular complexity index is 560. The zero-order valence-corrected chi connectivity index (χ0v) is 16.6. The van der Waals surface area contributed by atoms with Gasteiger partial charge in [-0.1, -0.05) is 0 Å². The van der Waals surface area contributed by atoms with Crippen molar-refractivity contribution in [2.75, 3.05) is 44.6 Å². The molecule has 6 nitrogen and oxygen atoms in total. The third-order valence-corrected chi connectivity index (χ3v) is 4.82. The second kappa shape index (κ2) is 10.9. The van der Waals surface area contributed by atoms with Crippen LogP contribution in [0.2, 0.25) is 0 Å². The Morgan fingerprint density at radius 3 is 2.46 bits per heavy atom. The molecule has 0 bridgehead atoms. The van der Waals surface area contributed by atoms with Gasteiger partial charge in [0, 0.05) is 31.1 Å². The molecule has 1 aromatic rings. The van der Waals surface area contributed by atoms with E-state index in [4.69, 9.17) is 4.74 Å². The fourth-order valence-electron chi connectivity index (χ4n) is 2.40. The Kier molecular flexibility index (Phi) is 10.5. The molecule has 24 heavy (non-hydrogen) atoms. The van der Waals surface area contributed by atoms with Crippen LogP contribution in [0.4, 0.5) is 5.00 Å². The molecule has 0 aromatic carbocycles. The SMILES string of the molecule is CCOC(=O)c1c(NC(=O)CN2CCNCC2)sc(C)c1C.Cl.Cl. The van der Waals surface area contributed by atoms with Crippen LogP contribution in [0.3, 0.4) is 0 Å². The first-order valence-electron chi connectivity index (χ1n) is 7.53. The molecule has 0 unspecified atom stereocenters. The van der Waals surface area contributed by atoms with E-state index in [9.17, 15) is 9.59 Å². The molecule has 1 aliphatic rings. The lowest BCUT2D eigenvalue weighted by atomic mass is 10.1. The number of ether oxygens (including phenoxy) is 1. The van der Waals surface area contributed by atoms with Gasteiger partial charge in [-0.25, -0.2) is 4.79 Å². The summed E-state index contributed by atoms with van der Waals surface area (Å²) in [5.74, 6) is -0.462. The van der Waals surface area contributed by atoms with Crippen molar-refractivity contribution in [2.45, 2.75) is 20.8 Å². The van der Waals surface area contributed by atoms with E-state index >= 15 is 0 Å². The fraction of sp³-hybridized carbons (Fsp3) is 0.600. The van der Waals surface area contributed by atoms with Crippen molar-refractivity contribution >= 4 is 53.0 Å². The number of carbonyl (C=O) groups excluding carboxylic acids is 2. The van der Waals surface area contributed by atoms with E-state index in [1.807, 2.05) is 13.8 Å². The van der Waals surface area contributed by atoms with E-state index in [0.717, 1.165) is 36.6 Å². The molecular weight excluding hydrogens is 373 g/mol. The molecule has 9 heteroatoms. The number of nitrogens with one attached hydrogen (secondary N) is 2. The van der Waals surface area contributed by atoms with Gasteiger partial charge in [-0.3, -0.25) is 9.69 Å². The van der Waals surface area contributed by atoms with E-state index in [-0.39, 0.29) is 36.7 Å². The van der Waals surface area contributed by atoms with Crippen LogP contribution in [0.15, 0.2) is 0 Å². The van der Waals surface area contributed by atoms with Crippen LogP contribution >= 0.6 is 36.2 Å². The largest absolute Gasteiger partial charge is 0.462 e. The summed E-state index contributed by atoms with van der Waals surface area (Å²) in [4.78, 5) is 27.4. The topological polar surface area (TPSA) is 70.7 Å². The first-order chi connectivity index (χ1) is 10.5. The van der Waals surface area contributed by atoms with Crippen molar-refractivity contribution in [3.63, 3.8) is 0 Å². The quantitative estimate of drug-likeness (QED) is 0.745. The zero-order chi connectivity index (χ0) is 16.1. The maximum Gasteiger partial charge on any atom is 0.341 e. The molecule has 1 saturated heterocycles. The average Bonchev–Trinajstić information content (AvgIpc) is 2.74.